The summed E-state index contributed by atoms with van der Waals surface area (Å²) in [4.78, 5) is 0. The lowest BCUT2D eigenvalue weighted by atomic mass is 9.63. The molecule has 1 atom stereocenters. The van der Waals surface area contributed by atoms with E-state index in [1.165, 1.54) is 25.7 Å². The average Bonchev–Trinajstić information content (AvgIpc) is 2.63. The molecule has 2 nitrogen and oxygen atoms in total. The molecule has 0 spiro atoms. The van der Waals surface area contributed by atoms with Crippen molar-refractivity contribution in [2.75, 3.05) is 19.8 Å². The molecule has 14 heavy (non-hydrogen) atoms. The minimum absolute atomic E-state index is 0.344. The normalized spacial score (nSPS) is 28.7. The van der Waals surface area contributed by atoms with E-state index in [0.29, 0.717) is 17.9 Å². The van der Waals surface area contributed by atoms with Crippen LogP contribution < -0.4 is 0 Å². The summed E-state index contributed by atoms with van der Waals surface area (Å²) in [6.45, 7) is 4.33. The van der Waals surface area contributed by atoms with Gasteiger partial charge in [-0.3, -0.25) is 0 Å². The summed E-state index contributed by atoms with van der Waals surface area (Å²) >= 11 is 0. The van der Waals surface area contributed by atoms with Gasteiger partial charge in [-0.1, -0.05) is 26.2 Å². The highest BCUT2D eigenvalue weighted by Crippen LogP contribution is 2.50. The van der Waals surface area contributed by atoms with E-state index in [1.807, 2.05) is 0 Å². The molecule has 82 valence electrons. The number of hydrogen-bond donors (Lipinski definition) is 1. The number of ether oxygens (including phenoxy) is 1. The maximum absolute atomic E-state index is 9.43. The third-order valence-corrected chi connectivity index (χ3v) is 4.44. The summed E-state index contributed by atoms with van der Waals surface area (Å²) < 4.78 is 5.42. The van der Waals surface area contributed by atoms with Gasteiger partial charge in [-0.25, -0.2) is 0 Å². The predicted molar refractivity (Wildman–Crippen MR) is 56.1 cm³/mol. The Morgan fingerprint density at radius 3 is 2.36 bits per heavy atom. The van der Waals surface area contributed by atoms with Crippen molar-refractivity contribution in [1.29, 1.82) is 0 Å². The maximum Gasteiger partial charge on any atom is 0.0551 e. The van der Waals surface area contributed by atoms with E-state index >= 15 is 0 Å². The van der Waals surface area contributed by atoms with Gasteiger partial charge < -0.3 is 9.84 Å². The highest BCUT2D eigenvalue weighted by atomic mass is 16.5. The lowest BCUT2D eigenvalue weighted by molar-refractivity contribution is -0.185. The van der Waals surface area contributed by atoms with Crippen molar-refractivity contribution >= 4 is 0 Å². The topological polar surface area (TPSA) is 29.5 Å². The molecule has 1 aliphatic heterocycles. The van der Waals surface area contributed by atoms with Crippen LogP contribution in [-0.4, -0.2) is 24.9 Å². The zero-order chi connectivity index (χ0) is 10.0. The molecule has 0 bridgehead atoms. The number of rotatable bonds is 4. The van der Waals surface area contributed by atoms with Gasteiger partial charge in [0.1, 0.15) is 0 Å². The first-order valence-corrected chi connectivity index (χ1v) is 6.02. The van der Waals surface area contributed by atoms with Gasteiger partial charge in [0.25, 0.3) is 0 Å². The first-order chi connectivity index (χ1) is 6.83. The van der Waals surface area contributed by atoms with Crippen molar-refractivity contribution in [3.8, 4) is 0 Å². The Balaban J connectivity index is 2.07. The maximum atomic E-state index is 9.43. The van der Waals surface area contributed by atoms with Crippen molar-refractivity contribution < 1.29 is 9.84 Å². The second-order valence-corrected chi connectivity index (χ2v) is 5.00. The molecule has 0 amide bonds. The standard InChI is InChI=1S/C12H22O2/c1-2-10(7-13)12(8-14-9-12)11-5-3-4-6-11/h10-11,13H,2-9H2,1H3. The van der Waals surface area contributed by atoms with Crippen LogP contribution in [-0.2, 0) is 4.74 Å². The molecule has 0 aromatic heterocycles. The molecule has 2 aliphatic rings. The second kappa shape index (κ2) is 4.19. The van der Waals surface area contributed by atoms with Gasteiger partial charge in [-0.2, -0.15) is 0 Å². The molecule has 1 unspecified atom stereocenters. The van der Waals surface area contributed by atoms with Gasteiger partial charge in [0.15, 0.2) is 0 Å². The Morgan fingerprint density at radius 1 is 1.36 bits per heavy atom. The molecule has 1 heterocycles. The molecule has 0 aromatic carbocycles. The molecule has 1 N–H and O–H groups in total. The lowest BCUT2D eigenvalue weighted by Crippen LogP contribution is -2.53. The summed E-state index contributed by atoms with van der Waals surface area (Å²) in [5, 5.41) is 9.43. The van der Waals surface area contributed by atoms with Crippen LogP contribution in [0.3, 0.4) is 0 Å². The largest absolute Gasteiger partial charge is 0.396 e. The fourth-order valence-electron chi connectivity index (χ4n) is 3.36. The fraction of sp³-hybridized carbons (Fsp3) is 1.00. The van der Waals surface area contributed by atoms with Crippen molar-refractivity contribution in [3.63, 3.8) is 0 Å². The van der Waals surface area contributed by atoms with Gasteiger partial charge in [0.2, 0.25) is 0 Å². The molecular formula is C12H22O2. The third-order valence-electron chi connectivity index (χ3n) is 4.44. The summed E-state index contributed by atoms with van der Waals surface area (Å²) in [5.41, 5.74) is 0.347. The van der Waals surface area contributed by atoms with Crippen LogP contribution in [0.2, 0.25) is 0 Å². The van der Waals surface area contributed by atoms with Gasteiger partial charge in [-0.05, 0) is 24.7 Å². The Bertz CT molecular complexity index is 173. The Morgan fingerprint density at radius 2 is 2.00 bits per heavy atom. The molecule has 2 heteroatoms. The van der Waals surface area contributed by atoms with Crippen LogP contribution in [0, 0.1) is 17.3 Å². The summed E-state index contributed by atoms with van der Waals surface area (Å²) in [6, 6.07) is 0. The first-order valence-electron chi connectivity index (χ1n) is 6.02. The molecule has 1 aliphatic carbocycles. The average molecular weight is 198 g/mol. The van der Waals surface area contributed by atoms with Gasteiger partial charge in [-0.15, -0.1) is 0 Å². The van der Waals surface area contributed by atoms with Crippen LogP contribution in [0.15, 0.2) is 0 Å². The SMILES string of the molecule is CCC(CO)C1(C2CCCC2)COC1. The van der Waals surface area contributed by atoms with Crippen LogP contribution in [0.25, 0.3) is 0 Å². The van der Waals surface area contributed by atoms with Crippen LogP contribution in [0.4, 0.5) is 0 Å². The number of hydrogen-bond acceptors (Lipinski definition) is 2. The zero-order valence-electron chi connectivity index (χ0n) is 9.17. The van der Waals surface area contributed by atoms with Crippen LogP contribution in [0.1, 0.15) is 39.0 Å². The molecule has 2 rings (SSSR count). The van der Waals surface area contributed by atoms with Gasteiger partial charge >= 0.3 is 0 Å². The van der Waals surface area contributed by atoms with Crippen molar-refractivity contribution in [1.82, 2.24) is 0 Å². The van der Waals surface area contributed by atoms with Crippen LogP contribution >= 0.6 is 0 Å². The molecule has 0 aromatic rings. The first kappa shape index (κ1) is 10.4. The zero-order valence-corrected chi connectivity index (χ0v) is 9.17. The summed E-state index contributed by atoms with van der Waals surface area (Å²) in [7, 11) is 0. The minimum atomic E-state index is 0.344. The highest BCUT2D eigenvalue weighted by molar-refractivity contribution is 4.97. The lowest BCUT2D eigenvalue weighted by Gasteiger charge is -2.51. The summed E-state index contributed by atoms with van der Waals surface area (Å²) in [6.07, 6.45) is 6.58. The van der Waals surface area contributed by atoms with E-state index in [1.54, 1.807) is 0 Å². The molecule has 1 saturated carbocycles. The van der Waals surface area contributed by atoms with Gasteiger partial charge in [0.05, 0.1) is 13.2 Å². The summed E-state index contributed by atoms with van der Waals surface area (Å²) in [5.74, 6) is 1.30. The molecular weight excluding hydrogens is 176 g/mol. The fourth-order valence-corrected chi connectivity index (χ4v) is 3.36. The third kappa shape index (κ3) is 1.49. The van der Waals surface area contributed by atoms with E-state index in [9.17, 15) is 5.11 Å². The smallest absolute Gasteiger partial charge is 0.0551 e. The predicted octanol–water partition coefficient (Wildman–Crippen LogP) is 2.21. The Hall–Kier alpha value is -0.0800. The monoisotopic (exact) mass is 198 g/mol. The van der Waals surface area contributed by atoms with Gasteiger partial charge in [0, 0.05) is 12.0 Å². The molecule has 2 fully saturated rings. The number of aliphatic hydroxyl groups is 1. The Kier molecular flexibility index (Phi) is 3.13. The van der Waals surface area contributed by atoms with E-state index in [2.05, 4.69) is 6.92 Å². The quantitative estimate of drug-likeness (QED) is 0.750. The van der Waals surface area contributed by atoms with E-state index in [-0.39, 0.29) is 0 Å². The molecule has 1 saturated heterocycles. The van der Waals surface area contributed by atoms with E-state index in [4.69, 9.17) is 4.74 Å². The highest BCUT2D eigenvalue weighted by Gasteiger charge is 2.50. The number of aliphatic hydroxyl groups excluding tert-OH is 1. The van der Waals surface area contributed by atoms with E-state index in [0.717, 1.165) is 25.6 Å². The molecule has 0 radical (unpaired) electrons. The minimum Gasteiger partial charge on any atom is -0.396 e. The van der Waals surface area contributed by atoms with Crippen molar-refractivity contribution in [3.05, 3.63) is 0 Å². The second-order valence-electron chi connectivity index (χ2n) is 5.00. The Labute approximate surface area is 86.6 Å². The van der Waals surface area contributed by atoms with Crippen LogP contribution in [0.5, 0.6) is 0 Å². The van der Waals surface area contributed by atoms with Crippen molar-refractivity contribution in [2.45, 2.75) is 39.0 Å². The van der Waals surface area contributed by atoms with E-state index < -0.39 is 0 Å². The van der Waals surface area contributed by atoms with Crippen molar-refractivity contribution in [2.24, 2.45) is 17.3 Å².